The third-order valence-electron chi connectivity index (χ3n) is 2.20. The number of aromatic nitrogens is 2. The van der Waals surface area contributed by atoms with E-state index in [0.29, 0.717) is 5.92 Å². The van der Waals surface area contributed by atoms with Crippen molar-refractivity contribution in [3.8, 4) is 0 Å². The summed E-state index contributed by atoms with van der Waals surface area (Å²) in [6.07, 6.45) is 1.25. The molecule has 1 fully saturated rings. The lowest BCUT2D eigenvalue weighted by Crippen LogP contribution is -2.37. The SMILES string of the molecule is CC(C)c1nonc1N1CCC1. The highest BCUT2D eigenvalue weighted by Gasteiger charge is 2.23. The summed E-state index contributed by atoms with van der Waals surface area (Å²) in [6, 6.07) is 0. The van der Waals surface area contributed by atoms with Crippen LogP contribution in [-0.4, -0.2) is 23.4 Å². The standard InChI is InChI=1S/C8H13N3O/c1-6(2)7-8(10-12-9-7)11-4-3-5-11/h6H,3-5H2,1-2H3. The predicted octanol–water partition coefficient (Wildman–Crippen LogP) is 1.40. The predicted molar refractivity (Wildman–Crippen MR) is 45.2 cm³/mol. The third kappa shape index (κ3) is 1.07. The number of rotatable bonds is 2. The molecule has 0 bridgehead atoms. The van der Waals surface area contributed by atoms with E-state index in [-0.39, 0.29) is 0 Å². The summed E-state index contributed by atoms with van der Waals surface area (Å²) in [5, 5.41) is 7.79. The molecule has 0 radical (unpaired) electrons. The van der Waals surface area contributed by atoms with Crippen LogP contribution < -0.4 is 4.90 Å². The van der Waals surface area contributed by atoms with Crippen LogP contribution in [0.5, 0.6) is 0 Å². The minimum Gasteiger partial charge on any atom is -0.352 e. The second-order valence-corrected chi connectivity index (χ2v) is 3.47. The summed E-state index contributed by atoms with van der Waals surface area (Å²) >= 11 is 0. The Bertz CT molecular complexity index is 265. The lowest BCUT2D eigenvalue weighted by atomic mass is 10.1. The fourth-order valence-electron chi connectivity index (χ4n) is 1.30. The van der Waals surface area contributed by atoms with Gasteiger partial charge in [-0.2, -0.15) is 0 Å². The molecule has 4 nitrogen and oxygen atoms in total. The molecule has 1 aromatic rings. The van der Waals surface area contributed by atoms with Gasteiger partial charge in [0, 0.05) is 19.0 Å². The van der Waals surface area contributed by atoms with Crippen molar-refractivity contribution < 1.29 is 4.63 Å². The van der Waals surface area contributed by atoms with Crippen molar-refractivity contribution in [3.05, 3.63) is 5.69 Å². The van der Waals surface area contributed by atoms with Gasteiger partial charge in [0.25, 0.3) is 0 Å². The molecule has 4 heteroatoms. The van der Waals surface area contributed by atoms with Crippen molar-refractivity contribution >= 4 is 5.82 Å². The lowest BCUT2D eigenvalue weighted by Gasteiger charge is -2.30. The van der Waals surface area contributed by atoms with Gasteiger partial charge in [-0.3, -0.25) is 0 Å². The molecule has 1 aliphatic heterocycles. The molecule has 1 aromatic heterocycles. The molecular weight excluding hydrogens is 154 g/mol. The summed E-state index contributed by atoms with van der Waals surface area (Å²) in [6.45, 7) is 6.38. The summed E-state index contributed by atoms with van der Waals surface area (Å²) in [4.78, 5) is 2.20. The molecule has 0 spiro atoms. The van der Waals surface area contributed by atoms with Gasteiger partial charge in [-0.05, 0) is 11.6 Å². The van der Waals surface area contributed by atoms with Crippen molar-refractivity contribution in [2.45, 2.75) is 26.2 Å². The Morgan fingerprint density at radius 2 is 2.08 bits per heavy atom. The van der Waals surface area contributed by atoms with E-state index in [4.69, 9.17) is 4.63 Å². The zero-order chi connectivity index (χ0) is 8.55. The highest BCUT2D eigenvalue weighted by atomic mass is 16.6. The lowest BCUT2D eigenvalue weighted by molar-refractivity contribution is 0.301. The maximum Gasteiger partial charge on any atom is 0.196 e. The fraction of sp³-hybridized carbons (Fsp3) is 0.750. The maximum absolute atomic E-state index is 4.72. The molecule has 0 unspecified atom stereocenters. The first-order valence-corrected chi connectivity index (χ1v) is 4.36. The van der Waals surface area contributed by atoms with Gasteiger partial charge in [0.2, 0.25) is 0 Å². The summed E-state index contributed by atoms with van der Waals surface area (Å²) in [5.74, 6) is 1.34. The molecule has 0 atom stereocenters. The van der Waals surface area contributed by atoms with Crippen LogP contribution in [0.15, 0.2) is 4.63 Å². The van der Waals surface area contributed by atoms with Crippen LogP contribution in [0.2, 0.25) is 0 Å². The highest BCUT2D eigenvalue weighted by molar-refractivity contribution is 5.45. The van der Waals surface area contributed by atoms with Gasteiger partial charge in [0.1, 0.15) is 5.69 Å². The topological polar surface area (TPSA) is 42.2 Å². The fourth-order valence-corrected chi connectivity index (χ4v) is 1.30. The van der Waals surface area contributed by atoms with Crippen LogP contribution in [0.25, 0.3) is 0 Å². The largest absolute Gasteiger partial charge is 0.352 e. The molecule has 0 saturated carbocycles. The number of hydrogen-bond donors (Lipinski definition) is 0. The molecule has 66 valence electrons. The van der Waals surface area contributed by atoms with Crippen LogP contribution >= 0.6 is 0 Å². The minimum atomic E-state index is 0.395. The van der Waals surface area contributed by atoms with E-state index in [9.17, 15) is 0 Å². The van der Waals surface area contributed by atoms with Gasteiger partial charge in [-0.1, -0.05) is 19.0 Å². The Morgan fingerprint density at radius 3 is 2.58 bits per heavy atom. The van der Waals surface area contributed by atoms with Crippen molar-refractivity contribution in [1.82, 2.24) is 10.3 Å². The molecule has 2 heterocycles. The van der Waals surface area contributed by atoms with Crippen LogP contribution in [0.1, 0.15) is 31.9 Å². The van der Waals surface area contributed by atoms with Crippen molar-refractivity contribution in [2.24, 2.45) is 0 Å². The van der Waals surface area contributed by atoms with Gasteiger partial charge >= 0.3 is 0 Å². The molecule has 1 aliphatic rings. The quantitative estimate of drug-likeness (QED) is 0.667. The van der Waals surface area contributed by atoms with Crippen LogP contribution in [0.3, 0.4) is 0 Å². The van der Waals surface area contributed by atoms with Crippen LogP contribution in [0.4, 0.5) is 5.82 Å². The summed E-state index contributed by atoms with van der Waals surface area (Å²) < 4.78 is 4.72. The first-order valence-electron chi connectivity index (χ1n) is 4.36. The van der Waals surface area contributed by atoms with E-state index >= 15 is 0 Å². The molecular formula is C8H13N3O. The van der Waals surface area contributed by atoms with E-state index < -0.39 is 0 Å². The number of hydrogen-bond acceptors (Lipinski definition) is 4. The number of nitrogens with zero attached hydrogens (tertiary/aromatic N) is 3. The third-order valence-corrected chi connectivity index (χ3v) is 2.20. The Morgan fingerprint density at radius 1 is 1.33 bits per heavy atom. The normalized spacial score (nSPS) is 16.8. The summed E-state index contributed by atoms with van der Waals surface area (Å²) in [7, 11) is 0. The van der Waals surface area contributed by atoms with Gasteiger partial charge in [-0.15, -0.1) is 0 Å². The zero-order valence-corrected chi connectivity index (χ0v) is 7.45. The van der Waals surface area contributed by atoms with E-state index in [2.05, 4.69) is 29.1 Å². The Labute approximate surface area is 71.5 Å². The van der Waals surface area contributed by atoms with E-state index in [1.54, 1.807) is 0 Å². The first kappa shape index (κ1) is 7.58. The average molecular weight is 167 g/mol. The molecule has 0 aromatic carbocycles. The summed E-state index contributed by atoms with van der Waals surface area (Å²) in [5.41, 5.74) is 0.981. The van der Waals surface area contributed by atoms with Crippen molar-refractivity contribution in [3.63, 3.8) is 0 Å². The highest BCUT2D eigenvalue weighted by Crippen LogP contribution is 2.26. The smallest absolute Gasteiger partial charge is 0.196 e. The van der Waals surface area contributed by atoms with Crippen LogP contribution in [-0.2, 0) is 0 Å². The Kier molecular flexibility index (Phi) is 1.75. The minimum absolute atomic E-state index is 0.395. The average Bonchev–Trinajstić information content (AvgIpc) is 2.31. The van der Waals surface area contributed by atoms with Gasteiger partial charge in [0.15, 0.2) is 5.82 Å². The Hall–Kier alpha value is -1.06. The zero-order valence-electron chi connectivity index (χ0n) is 7.45. The molecule has 0 amide bonds. The van der Waals surface area contributed by atoms with E-state index in [0.717, 1.165) is 24.6 Å². The Balaban J connectivity index is 2.23. The van der Waals surface area contributed by atoms with Gasteiger partial charge < -0.3 is 4.90 Å². The van der Waals surface area contributed by atoms with Gasteiger partial charge in [0.05, 0.1) is 0 Å². The number of anilines is 1. The van der Waals surface area contributed by atoms with Crippen LogP contribution in [0, 0.1) is 0 Å². The van der Waals surface area contributed by atoms with E-state index in [1.165, 1.54) is 6.42 Å². The maximum atomic E-state index is 4.72. The van der Waals surface area contributed by atoms with E-state index in [1.807, 2.05) is 0 Å². The molecule has 0 aliphatic carbocycles. The molecule has 0 N–H and O–H groups in total. The van der Waals surface area contributed by atoms with Gasteiger partial charge in [-0.25, -0.2) is 4.63 Å². The molecule has 12 heavy (non-hydrogen) atoms. The second-order valence-electron chi connectivity index (χ2n) is 3.47. The molecule has 2 rings (SSSR count). The monoisotopic (exact) mass is 167 g/mol. The molecule has 1 saturated heterocycles. The second kappa shape index (κ2) is 2.77. The first-order chi connectivity index (χ1) is 5.79. The van der Waals surface area contributed by atoms with Crippen molar-refractivity contribution in [2.75, 3.05) is 18.0 Å². The van der Waals surface area contributed by atoms with Crippen molar-refractivity contribution in [1.29, 1.82) is 0 Å².